The maximum absolute atomic E-state index is 6.23. The van der Waals surface area contributed by atoms with Crippen LogP contribution in [0.5, 0.6) is 0 Å². The topological polar surface area (TPSA) is 77.8 Å². The first kappa shape index (κ1) is 31.8. The summed E-state index contributed by atoms with van der Waals surface area (Å²) in [4.78, 5) is 20.0. The predicted molar refractivity (Wildman–Crippen MR) is 225 cm³/mol. The van der Waals surface area contributed by atoms with Gasteiger partial charge in [0.2, 0.25) is 11.4 Å². The fourth-order valence-corrected chi connectivity index (χ4v) is 7.59. The van der Waals surface area contributed by atoms with E-state index >= 15 is 0 Å². The van der Waals surface area contributed by atoms with Gasteiger partial charge in [-0.2, -0.15) is 9.97 Å². The molecule has 6 nitrogen and oxygen atoms in total. The average molecular weight is 719 g/mol. The summed E-state index contributed by atoms with van der Waals surface area (Å²) < 4.78 is 12.5. The maximum atomic E-state index is 6.23. The van der Waals surface area contributed by atoms with Crippen LogP contribution in [-0.4, -0.2) is 19.9 Å². The third kappa shape index (κ3) is 5.43. The van der Waals surface area contributed by atoms with Crippen molar-refractivity contribution in [2.24, 2.45) is 0 Å². The lowest BCUT2D eigenvalue weighted by Gasteiger charge is -2.09. The molecule has 0 spiro atoms. The smallest absolute Gasteiger partial charge is 0.231 e. The Kier molecular flexibility index (Phi) is 7.38. The average Bonchev–Trinajstić information content (AvgIpc) is 3.85. The fourth-order valence-electron chi connectivity index (χ4n) is 7.59. The zero-order valence-corrected chi connectivity index (χ0v) is 29.9. The van der Waals surface area contributed by atoms with Crippen LogP contribution in [0.1, 0.15) is 0 Å². The molecule has 56 heavy (non-hydrogen) atoms. The van der Waals surface area contributed by atoms with Crippen LogP contribution in [0.4, 0.5) is 0 Å². The molecule has 4 heterocycles. The molecule has 0 aliphatic rings. The summed E-state index contributed by atoms with van der Waals surface area (Å²) in [5, 5.41) is 3.87. The first-order valence-corrected chi connectivity index (χ1v) is 18.5. The summed E-state index contributed by atoms with van der Waals surface area (Å²) in [6.07, 6.45) is 0. The molecular formula is C50H30N4O2. The Labute approximate surface area is 321 Å². The number of hydrogen-bond acceptors (Lipinski definition) is 6. The van der Waals surface area contributed by atoms with E-state index in [2.05, 4.69) is 109 Å². The Morgan fingerprint density at radius 2 is 0.589 bits per heavy atom. The molecule has 0 saturated carbocycles. The summed E-state index contributed by atoms with van der Waals surface area (Å²) in [6.45, 7) is 0. The Morgan fingerprint density at radius 3 is 0.964 bits per heavy atom. The van der Waals surface area contributed by atoms with E-state index in [9.17, 15) is 0 Å². The zero-order chi connectivity index (χ0) is 37.0. The van der Waals surface area contributed by atoms with Crippen molar-refractivity contribution in [3.63, 3.8) is 0 Å². The van der Waals surface area contributed by atoms with E-state index in [1.54, 1.807) is 0 Å². The van der Waals surface area contributed by atoms with Gasteiger partial charge >= 0.3 is 0 Å². The van der Waals surface area contributed by atoms with E-state index < -0.39 is 0 Å². The van der Waals surface area contributed by atoms with E-state index in [0.29, 0.717) is 23.1 Å². The van der Waals surface area contributed by atoms with Gasteiger partial charge in [-0.15, -0.1) is 0 Å². The zero-order valence-electron chi connectivity index (χ0n) is 29.9. The van der Waals surface area contributed by atoms with Crippen LogP contribution in [-0.2, 0) is 0 Å². The number of benzene rings is 7. The molecule has 0 radical (unpaired) electrons. The second-order valence-corrected chi connectivity index (χ2v) is 13.8. The van der Waals surface area contributed by atoms with Crippen molar-refractivity contribution in [3.05, 3.63) is 182 Å². The molecule has 11 aromatic rings. The van der Waals surface area contributed by atoms with E-state index in [-0.39, 0.29) is 0 Å². The summed E-state index contributed by atoms with van der Waals surface area (Å²) in [5.41, 5.74) is 12.8. The van der Waals surface area contributed by atoms with E-state index in [1.807, 2.05) is 72.8 Å². The molecule has 4 aromatic heterocycles. The van der Waals surface area contributed by atoms with Crippen molar-refractivity contribution < 1.29 is 8.83 Å². The molecule has 7 aromatic carbocycles. The van der Waals surface area contributed by atoms with Crippen LogP contribution in [0, 0.1) is 0 Å². The SMILES string of the molecule is c1ccc(-c2nc(-c3ccc(-c4ccc(-c5ccc(-c6nc(-c7ccccc7)c7c(n6)oc6ccccc67)cc5)cc4)cc3)nc3oc4ccccc4c23)cc1. The van der Waals surface area contributed by atoms with Gasteiger partial charge < -0.3 is 8.83 Å². The van der Waals surface area contributed by atoms with Crippen molar-refractivity contribution in [2.75, 3.05) is 0 Å². The minimum Gasteiger partial charge on any atom is -0.438 e. The molecule has 0 fully saturated rings. The van der Waals surface area contributed by atoms with Gasteiger partial charge in [0.1, 0.15) is 11.2 Å². The van der Waals surface area contributed by atoms with Crippen LogP contribution in [0.15, 0.2) is 191 Å². The van der Waals surface area contributed by atoms with Crippen molar-refractivity contribution >= 4 is 44.1 Å². The van der Waals surface area contributed by atoms with Gasteiger partial charge in [-0.05, 0) is 34.4 Å². The highest BCUT2D eigenvalue weighted by Crippen LogP contribution is 2.38. The molecular weight excluding hydrogens is 689 g/mol. The molecule has 0 aliphatic heterocycles. The molecule has 0 atom stereocenters. The van der Waals surface area contributed by atoms with Gasteiger partial charge in [0, 0.05) is 33.0 Å². The Bertz CT molecular complexity index is 2990. The third-order valence-corrected chi connectivity index (χ3v) is 10.4. The lowest BCUT2D eigenvalue weighted by Crippen LogP contribution is -1.94. The molecule has 0 N–H and O–H groups in total. The lowest BCUT2D eigenvalue weighted by atomic mass is 9.98. The van der Waals surface area contributed by atoms with E-state index in [0.717, 1.165) is 88.6 Å². The summed E-state index contributed by atoms with van der Waals surface area (Å²) >= 11 is 0. The van der Waals surface area contributed by atoms with Gasteiger partial charge in [-0.3, -0.25) is 0 Å². The number of rotatable bonds is 6. The summed E-state index contributed by atoms with van der Waals surface area (Å²) in [7, 11) is 0. The van der Waals surface area contributed by atoms with Gasteiger partial charge in [0.25, 0.3) is 0 Å². The maximum Gasteiger partial charge on any atom is 0.231 e. The Morgan fingerprint density at radius 1 is 0.268 bits per heavy atom. The molecule has 262 valence electrons. The minimum absolute atomic E-state index is 0.583. The van der Waals surface area contributed by atoms with Crippen LogP contribution in [0.25, 0.3) is 112 Å². The third-order valence-electron chi connectivity index (χ3n) is 10.4. The van der Waals surface area contributed by atoms with Gasteiger partial charge in [-0.1, -0.05) is 170 Å². The quantitative estimate of drug-likeness (QED) is 0.170. The van der Waals surface area contributed by atoms with Crippen LogP contribution in [0.3, 0.4) is 0 Å². The second kappa shape index (κ2) is 13.0. The van der Waals surface area contributed by atoms with Crippen molar-refractivity contribution in [2.45, 2.75) is 0 Å². The molecule has 11 rings (SSSR count). The van der Waals surface area contributed by atoms with E-state index in [1.165, 1.54) is 0 Å². The molecule has 0 bridgehead atoms. The van der Waals surface area contributed by atoms with E-state index in [4.69, 9.17) is 28.8 Å². The largest absolute Gasteiger partial charge is 0.438 e. The fraction of sp³-hybridized carbons (Fsp3) is 0. The van der Waals surface area contributed by atoms with Crippen LogP contribution in [0.2, 0.25) is 0 Å². The standard InChI is InChI=1S/C50H30N4O2/c1-3-11-35(12-4-1)45-43-39-15-7-9-17-41(39)55-49(43)53-47(51-45)37-27-23-33(24-28-37)31-19-21-32(22-20-31)34-25-29-38(30-26-34)48-52-46(36-13-5-2-6-14-36)44-40-16-8-10-18-42(40)56-50(44)54-48/h1-30H. The highest BCUT2D eigenvalue weighted by Gasteiger charge is 2.19. The second-order valence-electron chi connectivity index (χ2n) is 13.8. The summed E-state index contributed by atoms with van der Waals surface area (Å²) in [5.74, 6) is 1.25. The molecule has 0 saturated heterocycles. The van der Waals surface area contributed by atoms with Gasteiger partial charge in [0.05, 0.1) is 22.2 Å². The highest BCUT2D eigenvalue weighted by molar-refractivity contribution is 6.11. The minimum atomic E-state index is 0.583. The number of para-hydroxylation sites is 2. The van der Waals surface area contributed by atoms with Crippen molar-refractivity contribution in [1.29, 1.82) is 0 Å². The van der Waals surface area contributed by atoms with Crippen molar-refractivity contribution in [1.82, 2.24) is 19.9 Å². The monoisotopic (exact) mass is 718 g/mol. The van der Waals surface area contributed by atoms with Crippen molar-refractivity contribution in [3.8, 4) is 67.5 Å². The summed E-state index contributed by atoms with van der Waals surface area (Å²) in [6, 6.07) is 61.9. The lowest BCUT2D eigenvalue weighted by molar-refractivity contribution is 0.653. The number of nitrogens with zero attached hydrogens (tertiary/aromatic N) is 4. The molecule has 0 aliphatic carbocycles. The first-order chi connectivity index (χ1) is 27.7. The first-order valence-electron chi connectivity index (χ1n) is 18.5. The van der Waals surface area contributed by atoms with Gasteiger partial charge in [0.15, 0.2) is 11.6 Å². The predicted octanol–water partition coefficient (Wildman–Crippen LogP) is 13.1. The molecule has 0 unspecified atom stereocenters. The molecule has 0 amide bonds. The molecule has 6 heteroatoms. The van der Waals surface area contributed by atoms with Crippen LogP contribution < -0.4 is 0 Å². The number of hydrogen-bond donors (Lipinski definition) is 0. The number of aromatic nitrogens is 4. The number of furan rings is 2. The Hall–Kier alpha value is -7.70. The normalized spacial score (nSPS) is 11.6. The van der Waals surface area contributed by atoms with Crippen LogP contribution >= 0.6 is 0 Å². The van der Waals surface area contributed by atoms with Gasteiger partial charge in [-0.25, -0.2) is 9.97 Å². The Balaban J connectivity index is 0.881. The number of fused-ring (bicyclic) bond motifs is 6. The highest BCUT2D eigenvalue weighted by atomic mass is 16.3.